The molecule has 16 heavy (non-hydrogen) atoms. The lowest BCUT2D eigenvalue weighted by Crippen LogP contribution is -2.37. The van der Waals surface area contributed by atoms with E-state index in [1.165, 1.54) is 0 Å². The van der Waals surface area contributed by atoms with Crippen molar-refractivity contribution in [2.75, 3.05) is 6.54 Å². The summed E-state index contributed by atoms with van der Waals surface area (Å²) in [4.78, 5) is 10.7. The van der Waals surface area contributed by atoms with Crippen LogP contribution in [0.5, 0.6) is 0 Å². The van der Waals surface area contributed by atoms with Crippen molar-refractivity contribution in [1.82, 2.24) is 20.1 Å². The van der Waals surface area contributed by atoms with Crippen LogP contribution in [0.15, 0.2) is 6.33 Å². The van der Waals surface area contributed by atoms with Crippen molar-refractivity contribution in [3.8, 4) is 0 Å². The molecule has 6 nitrogen and oxygen atoms in total. The van der Waals surface area contributed by atoms with Gasteiger partial charge in [-0.05, 0) is 6.92 Å². The fourth-order valence-corrected chi connectivity index (χ4v) is 1.34. The summed E-state index contributed by atoms with van der Waals surface area (Å²) in [6.45, 7) is 4.27. The monoisotopic (exact) mass is 226 g/mol. The molecule has 1 heterocycles. The summed E-state index contributed by atoms with van der Waals surface area (Å²) in [7, 11) is 1.89. The molecule has 0 radical (unpaired) electrons. The third-order valence-corrected chi connectivity index (χ3v) is 2.76. The van der Waals surface area contributed by atoms with Crippen LogP contribution in [0.25, 0.3) is 0 Å². The third kappa shape index (κ3) is 3.30. The minimum Gasteiger partial charge on any atom is -0.481 e. The van der Waals surface area contributed by atoms with Gasteiger partial charge in [0, 0.05) is 26.1 Å². The second-order valence-electron chi connectivity index (χ2n) is 3.98. The Balaban J connectivity index is 2.31. The van der Waals surface area contributed by atoms with Gasteiger partial charge in [0.05, 0.1) is 5.92 Å². The molecular formula is C10H18N4O2. The van der Waals surface area contributed by atoms with Crippen LogP contribution in [0.1, 0.15) is 19.7 Å². The van der Waals surface area contributed by atoms with E-state index in [-0.39, 0.29) is 12.0 Å². The fourth-order valence-electron chi connectivity index (χ4n) is 1.34. The summed E-state index contributed by atoms with van der Waals surface area (Å²) in [5, 5.41) is 19.7. The average molecular weight is 226 g/mol. The van der Waals surface area contributed by atoms with Crippen molar-refractivity contribution in [3.63, 3.8) is 0 Å². The maximum atomic E-state index is 10.7. The van der Waals surface area contributed by atoms with Gasteiger partial charge in [0.2, 0.25) is 0 Å². The standard InChI is InChI=1S/C10H18N4O2/c1-7(10(15)16)8(2)11-5-4-9-13-12-6-14(9)3/h6-8,11H,4-5H2,1-3H3,(H,15,16). The van der Waals surface area contributed by atoms with Gasteiger partial charge in [-0.2, -0.15) is 0 Å². The number of aliphatic carboxylic acids is 1. The van der Waals surface area contributed by atoms with E-state index < -0.39 is 5.97 Å². The molecule has 0 aliphatic heterocycles. The van der Waals surface area contributed by atoms with Gasteiger partial charge in [0.15, 0.2) is 0 Å². The van der Waals surface area contributed by atoms with Gasteiger partial charge in [-0.15, -0.1) is 10.2 Å². The van der Waals surface area contributed by atoms with Crippen LogP contribution in [-0.2, 0) is 18.3 Å². The lowest BCUT2D eigenvalue weighted by atomic mass is 10.0. The Morgan fingerprint density at radius 1 is 1.62 bits per heavy atom. The summed E-state index contributed by atoms with van der Waals surface area (Å²) in [5.74, 6) is -0.277. The van der Waals surface area contributed by atoms with E-state index in [1.807, 2.05) is 18.5 Å². The van der Waals surface area contributed by atoms with Crippen LogP contribution in [0.4, 0.5) is 0 Å². The Hall–Kier alpha value is -1.43. The van der Waals surface area contributed by atoms with Crippen LogP contribution in [0.2, 0.25) is 0 Å². The van der Waals surface area contributed by atoms with Crippen LogP contribution >= 0.6 is 0 Å². The molecule has 0 amide bonds. The Morgan fingerprint density at radius 3 is 2.81 bits per heavy atom. The lowest BCUT2D eigenvalue weighted by molar-refractivity contribution is -0.141. The molecule has 0 aliphatic rings. The highest BCUT2D eigenvalue weighted by molar-refractivity contribution is 5.70. The number of hydrogen-bond donors (Lipinski definition) is 2. The quantitative estimate of drug-likeness (QED) is 0.716. The Kier molecular flexibility index (Phi) is 4.42. The highest BCUT2D eigenvalue weighted by atomic mass is 16.4. The molecule has 0 spiro atoms. The van der Waals surface area contributed by atoms with E-state index >= 15 is 0 Å². The summed E-state index contributed by atoms with van der Waals surface area (Å²) < 4.78 is 1.85. The number of nitrogens with zero attached hydrogens (tertiary/aromatic N) is 3. The molecule has 1 aromatic rings. The first-order chi connectivity index (χ1) is 7.52. The molecule has 2 N–H and O–H groups in total. The number of aromatic nitrogens is 3. The van der Waals surface area contributed by atoms with Gasteiger partial charge >= 0.3 is 5.97 Å². The van der Waals surface area contributed by atoms with E-state index in [4.69, 9.17) is 5.11 Å². The maximum Gasteiger partial charge on any atom is 0.307 e. The van der Waals surface area contributed by atoms with Crippen molar-refractivity contribution in [3.05, 3.63) is 12.2 Å². The van der Waals surface area contributed by atoms with E-state index in [9.17, 15) is 4.79 Å². The molecule has 1 aromatic heterocycles. The Morgan fingerprint density at radius 2 is 2.31 bits per heavy atom. The predicted molar refractivity (Wildman–Crippen MR) is 59.0 cm³/mol. The van der Waals surface area contributed by atoms with Gasteiger partial charge in [0.1, 0.15) is 12.2 Å². The molecule has 0 saturated carbocycles. The molecule has 90 valence electrons. The van der Waals surface area contributed by atoms with Crippen molar-refractivity contribution in [1.29, 1.82) is 0 Å². The van der Waals surface area contributed by atoms with Gasteiger partial charge < -0.3 is 15.0 Å². The largest absolute Gasteiger partial charge is 0.481 e. The molecule has 2 unspecified atom stereocenters. The zero-order chi connectivity index (χ0) is 12.1. The van der Waals surface area contributed by atoms with Gasteiger partial charge in [0.25, 0.3) is 0 Å². The van der Waals surface area contributed by atoms with Gasteiger partial charge in [-0.1, -0.05) is 6.92 Å². The molecule has 2 atom stereocenters. The van der Waals surface area contributed by atoms with Crippen molar-refractivity contribution in [2.24, 2.45) is 13.0 Å². The van der Waals surface area contributed by atoms with Crippen LogP contribution in [0.3, 0.4) is 0 Å². The number of rotatable bonds is 6. The first-order valence-corrected chi connectivity index (χ1v) is 5.31. The number of hydrogen-bond acceptors (Lipinski definition) is 4. The molecule has 1 rings (SSSR count). The van der Waals surface area contributed by atoms with Crippen LogP contribution in [0, 0.1) is 5.92 Å². The fraction of sp³-hybridized carbons (Fsp3) is 0.700. The minimum atomic E-state index is -0.779. The average Bonchev–Trinajstić information content (AvgIpc) is 2.63. The maximum absolute atomic E-state index is 10.7. The molecule has 6 heteroatoms. The van der Waals surface area contributed by atoms with Crippen molar-refractivity contribution >= 4 is 5.97 Å². The molecule has 0 fully saturated rings. The van der Waals surface area contributed by atoms with Crippen LogP contribution in [-0.4, -0.2) is 38.4 Å². The zero-order valence-electron chi connectivity index (χ0n) is 9.84. The summed E-state index contributed by atoms with van der Waals surface area (Å²) in [6.07, 6.45) is 2.39. The van der Waals surface area contributed by atoms with E-state index in [1.54, 1.807) is 13.3 Å². The van der Waals surface area contributed by atoms with Gasteiger partial charge in [-0.25, -0.2) is 0 Å². The first kappa shape index (κ1) is 12.6. The van der Waals surface area contributed by atoms with Gasteiger partial charge in [-0.3, -0.25) is 4.79 Å². The predicted octanol–water partition coefficient (Wildman–Crippen LogP) is 0.0564. The highest BCUT2D eigenvalue weighted by Gasteiger charge is 2.18. The number of carboxylic acids is 1. The summed E-state index contributed by atoms with van der Waals surface area (Å²) >= 11 is 0. The second kappa shape index (κ2) is 5.60. The van der Waals surface area contributed by atoms with E-state index in [0.29, 0.717) is 6.54 Å². The lowest BCUT2D eigenvalue weighted by Gasteiger charge is -2.17. The molecule has 0 bridgehead atoms. The Bertz CT molecular complexity index is 350. The minimum absolute atomic E-state index is 0.0503. The smallest absolute Gasteiger partial charge is 0.307 e. The molecule has 0 aliphatic carbocycles. The van der Waals surface area contributed by atoms with Crippen LogP contribution < -0.4 is 5.32 Å². The molecule has 0 aromatic carbocycles. The number of carbonyl (C=O) groups is 1. The Labute approximate surface area is 94.7 Å². The third-order valence-electron chi connectivity index (χ3n) is 2.76. The topological polar surface area (TPSA) is 80.0 Å². The van der Waals surface area contributed by atoms with E-state index in [2.05, 4.69) is 15.5 Å². The zero-order valence-corrected chi connectivity index (χ0v) is 9.84. The summed E-state index contributed by atoms with van der Waals surface area (Å²) in [6, 6.07) is -0.0503. The summed E-state index contributed by atoms with van der Waals surface area (Å²) in [5.41, 5.74) is 0. The number of carboxylic acid groups (broad SMARTS) is 1. The van der Waals surface area contributed by atoms with E-state index in [0.717, 1.165) is 12.2 Å². The van der Waals surface area contributed by atoms with Crippen molar-refractivity contribution in [2.45, 2.75) is 26.3 Å². The highest BCUT2D eigenvalue weighted by Crippen LogP contribution is 2.02. The molecule has 0 saturated heterocycles. The van der Waals surface area contributed by atoms with Crippen molar-refractivity contribution < 1.29 is 9.90 Å². The number of nitrogens with one attached hydrogen (secondary N) is 1. The molecular weight excluding hydrogens is 208 g/mol. The SMILES string of the molecule is CC(NCCc1nncn1C)C(C)C(=O)O. The second-order valence-corrected chi connectivity index (χ2v) is 3.98. The first-order valence-electron chi connectivity index (χ1n) is 5.31. The normalized spacial score (nSPS) is 14.7. The number of aryl methyl sites for hydroxylation is 1.